The third-order valence-corrected chi connectivity index (χ3v) is 5.84. The molecule has 33 heavy (non-hydrogen) atoms. The standard InChI is InChI=1S/C28H29N3O2/c1-3-21(2)23-13-15-25(16-14-23)33-20-28(32)30-29-17-24-19-31(18-22-9-5-4-6-10-22)27-12-8-7-11-26(24)27/h4-17,19,21H,3,18,20H2,1-2H3,(H,30,32)/b29-17-/t21-/m1/s1. The zero-order valence-electron chi connectivity index (χ0n) is 19.1. The molecule has 0 spiro atoms. The fourth-order valence-electron chi connectivity index (χ4n) is 3.77. The minimum absolute atomic E-state index is 0.0875. The van der Waals surface area contributed by atoms with E-state index in [1.807, 2.05) is 54.6 Å². The van der Waals surface area contributed by atoms with Crippen LogP contribution in [0.15, 0.2) is 90.2 Å². The Morgan fingerprint density at radius 2 is 1.76 bits per heavy atom. The highest BCUT2D eigenvalue weighted by Crippen LogP contribution is 2.22. The van der Waals surface area contributed by atoms with E-state index in [9.17, 15) is 4.79 Å². The van der Waals surface area contributed by atoms with Gasteiger partial charge >= 0.3 is 0 Å². The Hall–Kier alpha value is -3.86. The molecule has 1 amide bonds. The molecule has 1 aromatic heterocycles. The van der Waals surface area contributed by atoms with Crippen LogP contribution in [0.25, 0.3) is 10.9 Å². The molecule has 0 aliphatic rings. The van der Waals surface area contributed by atoms with E-state index in [1.165, 1.54) is 11.1 Å². The van der Waals surface area contributed by atoms with Gasteiger partial charge < -0.3 is 9.30 Å². The van der Waals surface area contributed by atoms with Crippen molar-refractivity contribution in [2.75, 3.05) is 6.61 Å². The quantitative estimate of drug-likeness (QED) is 0.267. The lowest BCUT2D eigenvalue weighted by atomic mass is 9.99. The third kappa shape index (κ3) is 5.69. The minimum Gasteiger partial charge on any atom is -0.484 e. The Morgan fingerprint density at radius 3 is 2.52 bits per heavy atom. The van der Waals surface area contributed by atoms with Crippen LogP contribution in [0.1, 0.15) is 42.9 Å². The lowest BCUT2D eigenvalue weighted by Gasteiger charge is -2.10. The van der Waals surface area contributed by atoms with Crippen molar-refractivity contribution in [3.63, 3.8) is 0 Å². The zero-order valence-corrected chi connectivity index (χ0v) is 19.1. The van der Waals surface area contributed by atoms with Crippen molar-refractivity contribution in [3.05, 3.63) is 102 Å². The Kier molecular flexibility index (Phi) is 7.20. The van der Waals surface area contributed by atoms with Gasteiger partial charge in [-0.3, -0.25) is 4.79 Å². The molecule has 168 valence electrons. The Morgan fingerprint density at radius 1 is 1.03 bits per heavy atom. The average molecular weight is 440 g/mol. The monoisotopic (exact) mass is 439 g/mol. The molecule has 5 heteroatoms. The highest BCUT2D eigenvalue weighted by Gasteiger charge is 2.08. The van der Waals surface area contributed by atoms with Gasteiger partial charge in [-0.25, -0.2) is 5.43 Å². The molecule has 3 aromatic carbocycles. The van der Waals surface area contributed by atoms with Gasteiger partial charge in [0, 0.05) is 29.2 Å². The number of nitrogens with one attached hydrogen (secondary N) is 1. The zero-order chi connectivity index (χ0) is 23.0. The second-order valence-corrected chi connectivity index (χ2v) is 8.18. The number of benzene rings is 3. The summed E-state index contributed by atoms with van der Waals surface area (Å²) in [7, 11) is 0. The van der Waals surface area contributed by atoms with Crippen molar-refractivity contribution in [3.8, 4) is 5.75 Å². The van der Waals surface area contributed by atoms with Crippen LogP contribution in [0.4, 0.5) is 0 Å². The number of rotatable bonds is 9. The predicted octanol–water partition coefficient (Wildman–Crippen LogP) is 5.73. The summed E-state index contributed by atoms with van der Waals surface area (Å²) in [5.74, 6) is 0.880. The molecule has 0 aliphatic heterocycles. The molecule has 0 unspecified atom stereocenters. The molecule has 5 nitrogen and oxygen atoms in total. The number of nitrogens with zero attached hydrogens (tertiary/aromatic N) is 2. The molecule has 0 saturated carbocycles. The number of amides is 1. The number of hydrogen-bond acceptors (Lipinski definition) is 3. The molecular formula is C28H29N3O2. The molecule has 0 saturated heterocycles. The van der Waals surface area contributed by atoms with E-state index >= 15 is 0 Å². The van der Waals surface area contributed by atoms with E-state index in [0.717, 1.165) is 29.4 Å². The summed E-state index contributed by atoms with van der Waals surface area (Å²) in [5, 5.41) is 5.24. The SMILES string of the molecule is CC[C@@H](C)c1ccc(OCC(=O)N/N=C\c2cn(Cc3ccccc3)c3ccccc23)cc1. The van der Waals surface area contributed by atoms with Crippen LogP contribution < -0.4 is 10.2 Å². The van der Waals surface area contributed by atoms with Crippen molar-refractivity contribution in [2.24, 2.45) is 5.10 Å². The van der Waals surface area contributed by atoms with E-state index in [4.69, 9.17) is 4.74 Å². The molecular weight excluding hydrogens is 410 g/mol. The first-order valence-electron chi connectivity index (χ1n) is 11.3. The minimum atomic E-state index is -0.301. The molecule has 1 atom stereocenters. The smallest absolute Gasteiger partial charge is 0.277 e. The summed E-state index contributed by atoms with van der Waals surface area (Å²) >= 11 is 0. The number of fused-ring (bicyclic) bond motifs is 1. The van der Waals surface area contributed by atoms with E-state index in [2.05, 4.69) is 59.4 Å². The number of para-hydroxylation sites is 1. The van der Waals surface area contributed by atoms with Gasteiger partial charge in [-0.1, -0.05) is 74.5 Å². The summed E-state index contributed by atoms with van der Waals surface area (Å²) in [6.07, 6.45) is 4.83. The molecule has 1 N–H and O–H groups in total. The van der Waals surface area contributed by atoms with Crippen molar-refractivity contribution in [2.45, 2.75) is 32.7 Å². The molecule has 4 aromatic rings. The Balaban J connectivity index is 1.37. The van der Waals surface area contributed by atoms with Crippen molar-refractivity contribution >= 4 is 23.0 Å². The fourth-order valence-corrected chi connectivity index (χ4v) is 3.77. The van der Waals surface area contributed by atoms with Crippen LogP contribution >= 0.6 is 0 Å². The average Bonchev–Trinajstić information content (AvgIpc) is 3.20. The van der Waals surface area contributed by atoms with Gasteiger partial charge in [0.05, 0.1) is 6.21 Å². The van der Waals surface area contributed by atoms with Crippen molar-refractivity contribution in [1.82, 2.24) is 9.99 Å². The van der Waals surface area contributed by atoms with Gasteiger partial charge in [0.25, 0.3) is 5.91 Å². The van der Waals surface area contributed by atoms with E-state index in [-0.39, 0.29) is 12.5 Å². The molecule has 0 aliphatic carbocycles. The van der Waals surface area contributed by atoms with E-state index in [1.54, 1.807) is 6.21 Å². The van der Waals surface area contributed by atoms with Crippen LogP contribution in [0.2, 0.25) is 0 Å². The van der Waals surface area contributed by atoms with Gasteiger partial charge in [-0.15, -0.1) is 0 Å². The molecule has 1 heterocycles. The van der Waals surface area contributed by atoms with Crippen LogP contribution in [0.5, 0.6) is 5.75 Å². The number of aromatic nitrogens is 1. The predicted molar refractivity (Wildman–Crippen MR) is 134 cm³/mol. The van der Waals surface area contributed by atoms with Crippen molar-refractivity contribution in [1.29, 1.82) is 0 Å². The van der Waals surface area contributed by atoms with E-state index < -0.39 is 0 Å². The first-order valence-corrected chi connectivity index (χ1v) is 11.3. The number of carbonyl (C=O) groups is 1. The number of ether oxygens (including phenoxy) is 1. The Labute approximate surface area is 194 Å². The maximum atomic E-state index is 12.2. The largest absolute Gasteiger partial charge is 0.484 e. The van der Waals surface area contributed by atoms with Crippen molar-refractivity contribution < 1.29 is 9.53 Å². The maximum Gasteiger partial charge on any atom is 0.277 e. The number of carbonyl (C=O) groups excluding carboxylic acids is 1. The maximum absolute atomic E-state index is 12.2. The normalized spacial score (nSPS) is 12.2. The van der Waals surface area contributed by atoms with Gasteiger partial charge in [-0.05, 0) is 41.7 Å². The Bertz CT molecular complexity index is 1230. The second-order valence-electron chi connectivity index (χ2n) is 8.18. The topological polar surface area (TPSA) is 55.6 Å². The second kappa shape index (κ2) is 10.6. The van der Waals surface area contributed by atoms with E-state index in [0.29, 0.717) is 11.7 Å². The highest BCUT2D eigenvalue weighted by atomic mass is 16.5. The van der Waals surface area contributed by atoms with Crippen LogP contribution in [0.3, 0.4) is 0 Å². The molecule has 0 bridgehead atoms. The molecule has 0 fully saturated rings. The van der Waals surface area contributed by atoms with Gasteiger partial charge in [0.2, 0.25) is 0 Å². The van der Waals surface area contributed by atoms with Gasteiger partial charge in [-0.2, -0.15) is 5.10 Å². The van der Waals surface area contributed by atoms with Crippen LogP contribution in [0, 0.1) is 0 Å². The van der Waals surface area contributed by atoms with Gasteiger partial charge in [0.1, 0.15) is 5.75 Å². The molecule has 4 rings (SSSR count). The highest BCUT2D eigenvalue weighted by molar-refractivity contribution is 5.99. The van der Waals surface area contributed by atoms with Crippen LogP contribution in [-0.4, -0.2) is 23.3 Å². The summed E-state index contributed by atoms with van der Waals surface area (Å²) in [4.78, 5) is 12.2. The first-order chi connectivity index (χ1) is 16.1. The molecule has 0 radical (unpaired) electrons. The van der Waals surface area contributed by atoms with Crippen LogP contribution in [-0.2, 0) is 11.3 Å². The summed E-state index contributed by atoms with van der Waals surface area (Å²) in [6.45, 7) is 5.04. The lowest BCUT2D eigenvalue weighted by molar-refractivity contribution is -0.123. The lowest BCUT2D eigenvalue weighted by Crippen LogP contribution is -2.24. The number of hydrazone groups is 1. The first kappa shape index (κ1) is 22.3. The number of hydrogen-bond donors (Lipinski definition) is 1. The summed E-state index contributed by atoms with van der Waals surface area (Å²) in [6, 6.07) is 26.4. The summed E-state index contributed by atoms with van der Waals surface area (Å²) in [5.41, 5.74) is 7.13. The van der Waals surface area contributed by atoms with Gasteiger partial charge in [0.15, 0.2) is 6.61 Å². The fraction of sp³-hybridized carbons (Fsp3) is 0.214. The third-order valence-electron chi connectivity index (χ3n) is 5.84. The summed E-state index contributed by atoms with van der Waals surface area (Å²) < 4.78 is 7.78.